The predicted octanol–water partition coefficient (Wildman–Crippen LogP) is 2.90. The van der Waals surface area contributed by atoms with Crippen LogP contribution in [0, 0.1) is 5.82 Å². The molecule has 3 rings (SSSR count). The lowest BCUT2D eigenvalue weighted by Gasteiger charge is -2.29. The van der Waals surface area contributed by atoms with Crippen LogP contribution in [0.15, 0.2) is 48.5 Å². The Balaban J connectivity index is 1.91. The second-order valence-corrected chi connectivity index (χ2v) is 4.80. The molecule has 1 fully saturated rings. The zero-order valence-corrected chi connectivity index (χ0v) is 10.8. The third kappa shape index (κ3) is 2.76. The molecule has 0 atom stereocenters. The fourth-order valence-corrected chi connectivity index (χ4v) is 2.47. The summed E-state index contributed by atoms with van der Waals surface area (Å²) in [6.45, 7) is 4.08. The lowest BCUT2D eigenvalue weighted by molar-refractivity contribution is 0.589. The van der Waals surface area contributed by atoms with Crippen molar-refractivity contribution in [1.29, 1.82) is 0 Å². The molecule has 19 heavy (non-hydrogen) atoms. The molecule has 1 N–H and O–H groups in total. The van der Waals surface area contributed by atoms with E-state index in [0.717, 1.165) is 37.3 Å². The minimum Gasteiger partial charge on any atom is -0.369 e. The van der Waals surface area contributed by atoms with Gasteiger partial charge in [-0.1, -0.05) is 24.3 Å². The van der Waals surface area contributed by atoms with Crippen molar-refractivity contribution in [3.63, 3.8) is 0 Å². The molecule has 0 radical (unpaired) electrons. The highest BCUT2D eigenvalue weighted by molar-refractivity contribution is 5.68. The Bertz CT molecular complexity index is 562. The molecule has 1 aliphatic rings. The molecule has 2 nitrogen and oxygen atoms in total. The fourth-order valence-electron chi connectivity index (χ4n) is 2.47. The van der Waals surface area contributed by atoms with Gasteiger partial charge < -0.3 is 10.2 Å². The number of rotatable bonds is 2. The van der Waals surface area contributed by atoms with E-state index in [4.69, 9.17) is 0 Å². The van der Waals surface area contributed by atoms with Gasteiger partial charge in [0.25, 0.3) is 0 Å². The smallest absolute Gasteiger partial charge is 0.123 e. The van der Waals surface area contributed by atoms with Crippen LogP contribution in [0.4, 0.5) is 10.1 Å². The molecule has 0 bridgehead atoms. The van der Waals surface area contributed by atoms with Gasteiger partial charge in [0.2, 0.25) is 0 Å². The van der Waals surface area contributed by atoms with Crippen LogP contribution < -0.4 is 10.2 Å². The number of nitrogens with one attached hydrogen (secondary N) is 1. The fraction of sp³-hybridized carbons (Fsp3) is 0.250. The topological polar surface area (TPSA) is 15.3 Å². The van der Waals surface area contributed by atoms with E-state index in [1.54, 1.807) is 12.1 Å². The Kier molecular flexibility index (Phi) is 3.47. The van der Waals surface area contributed by atoms with E-state index in [1.165, 1.54) is 11.8 Å². The number of hydrogen-bond acceptors (Lipinski definition) is 2. The van der Waals surface area contributed by atoms with E-state index < -0.39 is 0 Å². The van der Waals surface area contributed by atoms with Crippen molar-refractivity contribution in [3.8, 4) is 11.1 Å². The molecular formula is C16H17FN2. The zero-order valence-electron chi connectivity index (χ0n) is 10.8. The van der Waals surface area contributed by atoms with Crippen molar-refractivity contribution in [1.82, 2.24) is 5.32 Å². The van der Waals surface area contributed by atoms with Crippen LogP contribution in [0.5, 0.6) is 0 Å². The van der Waals surface area contributed by atoms with Gasteiger partial charge in [-0.25, -0.2) is 4.39 Å². The van der Waals surface area contributed by atoms with E-state index in [1.807, 2.05) is 18.2 Å². The summed E-state index contributed by atoms with van der Waals surface area (Å²) in [7, 11) is 0. The molecule has 0 unspecified atom stereocenters. The van der Waals surface area contributed by atoms with Crippen LogP contribution in [0.25, 0.3) is 11.1 Å². The minimum absolute atomic E-state index is 0.190. The maximum atomic E-state index is 13.3. The van der Waals surface area contributed by atoms with E-state index in [0.29, 0.717) is 0 Å². The van der Waals surface area contributed by atoms with Crippen molar-refractivity contribution in [3.05, 3.63) is 54.3 Å². The highest BCUT2D eigenvalue weighted by Crippen LogP contribution is 2.25. The number of benzene rings is 2. The van der Waals surface area contributed by atoms with Crippen molar-refractivity contribution >= 4 is 5.69 Å². The van der Waals surface area contributed by atoms with Gasteiger partial charge in [0.1, 0.15) is 5.82 Å². The lowest BCUT2D eigenvalue weighted by Crippen LogP contribution is -2.43. The summed E-state index contributed by atoms with van der Waals surface area (Å²) < 4.78 is 13.3. The third-order valence-corrected chi connectivity index (χ3v) is 3.49. The van der Waals surface area contributed by atoms with Gasteiger partial charge in [0.05, 0.1) is 0 Å². The van der Waals surface area contributed by atoms with Crippen LogP contribution in [0.1, 0.15) is 0 Å². The number of halogens is 1. The van der Waals surface area contributed by atoms with Crippen LogP contribution >= 0.6 is 0 Å². The SMILES string of the molecule is Fc1cccc(-c2cccc(N3CCNCC3)c2)c1. The van der Waals surface area contributed by atoms with Crippen molar-refractivity contribution in [2.75, 3.05) is 31.1 Å². The van der Waals surface area contributed by atoms with Crippen LogP contribution in [-0.2, 0) is 0 Å². The maximum Gasteiger partial charge on any atom is 0.123 e. The molecule has 1 heterocycles. The van der Waals surface area contributed by atoms with E-state index in [-0.39, 0.29) is 5.82 Å². The Morgan fingerprint density at radius 2 is 1.58 bits per heavy atom. The molecule has 0 aliphatic carbocycles. The molecule has 0 spiro atoms. The van der Waals surface area contributed by atoms with Gasteiger partial charge in [0, 0.05) is 31.9 Å². The quantitative estimate of drug-likeness (QED) is 0.888. The lowest BCUT2D eigenvalue weighted by atomic mass is 10.0. The Hall–Kier alpha value is -1.87. The van der Waals surface area contributed by atoms with E-state index in [9.17, 15) is 4.39 Å². The highest BCUT2D eigenvalue weighted by Gasteiger charge is 2.10. The number of hydrogen-bond donors (Lipinski definition) is 1. The summed E-state index contributed by atoms with van der Waals surface area (Å²) in [5.74, 6) is -0.190. The summed E-state index contributed by atoms with van der Waals surface area (Å²) in [5.41, 5.74) is 3.20. The first kappa shape index (κ1) is 12.2. The molecule has 1 saturated heterocycles. The summed E-state index contributed by atoms with van der Waals surface area (Å²) in [6.07, 6.45) is 0. The second-order valence-electron chi connectivity index (χ2n) is 4.80. The van der Waals surface area contributed by atoms with Crippen LogP contribution in [0.3, 0.4) is 0 Å². The van der Waals surface area contributed by atoms with Crippen LogP contribution in [-0.4, -0.2) is 26.2 Å². The number of anilines is 1. The molecule has 0 amide bonds. The molecule has 98 valence electrons. The first-order chi connectivity index (χ1) is 9.33. The predicted molar refractivity (Wildman–Crippen MR) is 76.9 cm³/mol. The van der Waals surface area contributed by atoms with Crippen molar-refractivity contribution in [2.45, 2.75) is 0 Å². The first-order valence-corrected chi connectivity index (χ1v) is 6.64. The summed E-state index contributed by atoms with van der Waals surface area (Å²) in [6, 6.07) is 15.1. The molecule has 1 aliphatic heterocycles. The van der Waals surface area contributed by atoms with E-state index in [2.05, 4.69) is 22.3 Å². The van der Waals surface area contributed by atoms with Gasteiger partial charge in [-0.15, -0.1) is 0 Å². The number of piperazine rings is 1. The standard InChI is InChI=1S/C16H17FN2/c17-15-5-1-3-13(11-15)14-4-2-6-16(12-14)19-9-7-18-8-10-19/h1-6,11-12,18H,7-10H2. The van der Waals surface area contributed by atoms with Gasteiger partial charge in [-0.3, -0.25) is 0 Å². The summed E-state index contributed by atoms with van der Waals surface area (Å²) >= 11 is 0. The zero-order chi connectivity index (χ0) is 13.1. The molecule has 3 heteroatoms. The largest absolute Gasteiger partial charge is 0.369 e. The monoisotopic (exact) mass is 256 g/mol. The van der Waals surface area contributed by atoms with Gasteiger partial charge in [0.15, 0.2) is 0 Å². The summed E-state index contributed by atoms with van der Waals surface area (Å²) in [4.78, 5) is 2.36. The maximum absolute atomic E-state index is 13.3. The van der Waals surface area contributed by atoms with Gasteiger partial charge in [-0.2, -0.15) is 0 Å². The molecule has 2 aromatic rings. The van der Waals surface area contributed by atoms with Crippen molar-refractivity contribution in [2.24, 2.45) is 0 Å². The minimum atomic E-state index is -0.190. The normalized spacial score (nSPS) is 15.5. The Labute approximate surface area is 112 Å². The van der Waals surface area contributed by atoms with E-state index >= 15 is 0 Å². The molecule has 2 aromatic carbocycles. The summed E-state index contributed by atoms with van der Waals surface area (Å²) in [5, 5.41) is 3.35. The van der Waals surface area contributed by atoms with Gasteiger partial charge in [-0.05, 0) is 35.4 Å². The van der Waals surface area contributed by atoms with Crippen molar-refractivity contribution < 1.29 is 4.39 Å². The molecule has 0 aromatic heterocycles. The second kappa shape index (κ2) is 5.41. The highest BCUT2D eigenvalue weighted by atomic mass is 19.1. The first-order valence-electron chi connectivity index (χ1n) is 6.64. The Morgan fingerprint density at radius 3 is 2.32 bits per heavy atom. The molecular weight excluding hydrogens is 239 g/mol. The Morgan fingerprint density at radius 1 is 0.895 bits per heavy atom. The average molecular weight is 256 g/mol. The third-order valence-electron chi connectivity index (χ3n) is 3.49. The number of nitrogens with zero attached hydrogens (tertiary/aromatic N) is 1. The average Bonchev–Trinajstić information content (AvgIpc) is 2.48. The van der Waals surface area contributed by atoms with Crippen LogP contribution in [0.2, 0.25) is 0 Å². The molecule has 0 saturated carbocycles. The van der Waals surface area contributed by atoms with Gasteiger partial charge >= 0.3 is 0 Å².